The van der Waals surface area contributed by atoms with Crippen LogP contribution >= 0.6 is 0 Å². The Morgan fingerprint density at radius 2 is 2.08 bits per heavy atom. The minimum Gasteiger partial charge on any atom is -0.508 e. The van der Waals surface area contributed by atoms with Crippen LogP contribution in [0, 0.1) is 11.3 Å². The fourth-order valence-corrected chi connectivity index (χ4v) is 0.936. The van der Waals surface area contributed by atoms with Gasteiger partial charge in [-0.15, -0.1) is 0 Å². The van der Waals surface area contributed by atoms with E-state index in [0.29, 0.717) is 11.3 Å². The van der Waals surface area contributed by atoms with Crippen molar-refractivity contribution < 1.29 is 5.11 Å². The molecule has 0 aliphatic rings. The number of hydrogen-bond acceptors (Lipinski definition) is 4. The summed E-state index contributed by atoms with van der Waals surface area (Å²) in [5, 5.41) is 17.7. The molecule has 0 aliphatic carbocycles. The van der Waals surface area contributed by atoms with E-state index in [0.717, 1.165) is 0 Å². The second-order valence-corrected chi connectivity index (χ2v) is 2.40. The van der Waals surface area contributed by atoms with E-state index in [1.54, 1.807) is 0 Å². The molecule has 0 amide bonds. The number of anilines is 2. The average molecular weight is 163 g/mol. The van der Waals surface area contributed by atoms with E-state index in [-0.39, 0.29) is 17.9 Å². The number of hydrogen-bond donors (Lipinski definition) is 3. The van der Waals surface area contributed by atoms with Gasteiger partial charge in [0.2, 0.25) is 0 Å². The highest BCUT2D eigenvalue weighted by Gasteiger charge is 2.07. The number of nitriles is 1. The van der Waals surface area contributed by atoms with Crippen LogP contribution in [0.3, 0.4) is 0 Å². The van der Waals surface area contributed by atoms with Crippen molar-refractivity contribution in [2.45, 2.75) is 6.42 Å². The number of nitrogens with two attached hydrogens (primary N) is 2. The molecular weight excluding hydrogens is 154 g/mol. The molecule has 0 saturated carbocycles. The molecule has 0 bridgehead atoms. The molecule has 0 unspecified atom stereocenters. The molecule has 4 heteroatoms. The zero-order valence-corrected chi connectivity index (χ0v) is 6.41. The summed E-state index contributed by atoms with van der Waals surface area (Å²) in [6.07, 6.45) is 0.0721. The van der Waals surface area contributed by atoms with Crippen molar-refractivity contribution in [3.63, 3.8) is 0 Å². The number of rotatable bonds is 1. The number of phenolic OH excluding ortho intramolecular Hbond substituents is 1. The first-order valence-electron chi connectivity index (χ1n) is 3.39. The summed E-state index contributed by atoms with van der Waals surface area (Å²) in [5.41, 5.74) is 12.1. The summed E-state index contributed by atoms with van der Waals surface area (Å²) in [7, 11) is 0. The maximum Gasteiger partial charge on any atom is 0.122 e. The summed E-state index contributed by atoms with van der Waals surface area (Å²) >= 11 is 0. The van der Waals surface area contributed by atoms with E-state index in [2.05, 4.69) is 0 Å². The van der Waals surface area contributed by atoms with Crippen molar-refractivity contribution in [3.8, 4) is 11.8 Å². The lowest BCUT2D eigenvalue weighted by Crippen LogP contribution is -1.99. The van der Waals surface area contributed by atoms with E-state index in [9.17, 15) is 5.11 Å². The van der Waals surface area contributed by atoms with Gasteiger partial charge in [-0.1, -0.05) is 0 Å². The topological polar surface area (TPSA) is 96.1 Å². The van der Waals surface area contributed by atoms with Gasteiger partial charge < -0.3 is 16.6 Å². The third-order valence-corrected chi connectivity index (χ3v) is 1.62. The standard InChI is InChI=1S/C8H9N3O/c9-4-3-5-7(12)2-1-6(10)8(5)11/h1-2,12H,3,10-11H2. The molecule has 0 aromatic heterocycles. The van der Waals surface area contributed by atoms with Gasteiger partial charge in [0, 0.05) is 5.56 Å². The van der Waals surface area contributed by atoms with E-state index in [1.807, 2.05) is 6.07 Å². The van der Waals surface area contributed by atoms with Crippen LogP contribution in [0.25, 0.3) is 0 Å². The van der Waals surface area contributed by atoms with Crippen LogP contribution in [-0.2, 0) is 6.42 Å². The number of nitrogen functional groups attached to an aromatic ring is 2. The monoisotopic (exact) mass is 163 g/mol. The van der Waals surface area contributed by atoms with Gasteiger partial charge in [-0.3, -0.25) is 0 Å². The predicted octanol–water partition coefficient (Wildman–Crippen LogP) is 0.623. The van der Waals surface area contributed by atoms with Gasteiger partial charge in [0.25, 0.3) is 0 Å². The van der Waals surface area contributed by atoms with Crippen LogP contribution in [0.5, 0.6) is 5.75 Å². The normalized spacial score (nSPS) is 9.25. The highest BCUT2D eigenvalue weighted by atomic mass is 16.3. The molecule has 0 atom stereocenters. The van der Waals surface area contributed by atoms with E-state index in [4.69, 9.17) is 16.7 Å². The lowest BCUT2D eigenvalue weighted by molar-refractivity contribution is 0.470. The van der Waals surface area contributed by atoms with Crippen LogP contribution in [0.4, 0.5) is 11.4 Å². The number of phenols is 1. The molecule has 0 radical (unpaired) electrons. The van der Waals surface area contributed by atoms with E-state index >= 15 is 0 Å². The van der Waals surface area contributed by atoms with Gasteiger partial charge in [-0.2, -0.15) is 5.26 Å². The average Bonchev–Trinajstić information content (AvgIpc) is 2.06. The summed E-state index contributed by atoms with van der Waals surface area (Å²) < 4.78 is 0. The van der Waals surface area contributed by atoms with E-state index in [1.165, 1.54) is 12.1 Å². The Morgan fingerprint density at radius 3 is 2.67 bits per heavy atom. The summed E-state index contributed by atoms with van der Waals surface area (Å²) in [6, 6.07) is 4.83. The first kappa shape index (κ1) is 8.21. The number of benzene rings is 1. The molecule has 1 aromatic carbocycles. The van der Waals surface area contributed by atoms with Crippen LogP contribution in [-0.4, -0.2) is 5.11 Å². The largest absolute Gasteiger partial charge is 0.508 e. The maximum atomic E-state index is 9.26. The molecule has 5 N–H and O–H groups in total. The first-order chi connectivity index (χ1) is 5.66. The molecular formula is C8H9N3O. The summed E-state index contributed by atoms with van der Waals surface area (Å²) in [4.78, 5) is 0. The van der Waals surface area contributed by atoms with Crippen LogP contribution in [0.2, 0.25) is 0 Å². The Hall–Kier alpha value is -1.89. The number of nitrogens with zero attached hydrogens (tertiary/aromatic N) is 1. The fraction of sp³-hybridized carbons (Fsp3) is 0.125. The minimum absolute atomic E-state index is 0.0169. The molecule has 0 aliphatic heterocycles. The van der Waals surface area contributed by atoms with Crippen molar-refractivity contribution in [2.24, 2.45) is 0 Å². The molecule has 4 nitrogen and oxygen atoms in total. The molecule has 0 spiro atoms. The zero-order chi connectivity index (χ0) is 9.14. The molecule has 0 heterocycles. The quantitative estimate of drug-likeness (QED) is 0.417. The smallest absolute Gasteiger partial charge is 0.122 e. The van der Waals surface area contributed by atoms with Crippen LogP contribution in [0.15, 0.2) is 12.1 Å². The van der Waals surface area contributed by atoms with Crippen molar-refractivity contribution in [3.05, 3.63) is 17.7 Å². The molecule has 62 valence electrons. The number of aromatic hydroxyl groups is 1. The Morgan fingerprint density at radius 1 is 1.42 bits per heavy atom. The SMILES string of the molecule is N#CCc1c(O)ccc(N)c1N. The van der Waals surface area contributed by atoms with Crippen molar-refractivity contribution in [1.82, 2.24) is 0 Å². The zero-order valence-electron chi connectivity index (χ0n) is 6.41. The first-order valence-corrected chi connectivity index (χ1v) is 3.39. The molecule has 12 heavy (non-hydrogen) atoms. The van der Waals surface area contributed by atoms with Crippen molar-refractivity contribution in [1.29, 1.82) is 5.26 Å². The second kappa shape index (κ2) is 3.01. The highest BCUT2D eigenvalue weighted by Crippen LogP contribution is 2.28. The minimum atomic E-state index is 0.0169. The fourth-order valence-electron chi connectivity index (χ4n) is 0.936. The summed E-state index contributed by atoms with van der Waals surface area (Å²) in [5.74, 6) is 0.0169. The van der Waals surface area contributed by atoms with Gasteiger partial charge in [0.05, 0.1) is 23.9 Å². The molecule has 0 fully saturated rings. The van der Waals surface area contributed by atoms with Crippen molar-refractivity contribution >= 4 is 11.4 Å². The van der Waals surface area contributed by atoms with Crippen LogP contribution in [0.1, 0.15) is 5.56 Å². The second-order valence-electron chi connectivity index (χ2n) is 2.40. The Kier molecular flexibility index (Phi) is 2.06. The van der Waals surface area contributed by atoms with Gasteiger partial charge in [0.1, 0.15) is 5.75 Å². The third-order valence-electron chi connectivity index (χ3n) is 1.62. The van der Waals surface area contributed by atoms with Crippen molar-refractivity contribution in [2.75, 3.05) is 11.5 Å². The highest BCUT2D eigenvalue weighted by molar-refractivity contribution is 5.71. The van der Waals surface area contributed by atoms with Gasteiger partial charge in [-0.05, 0) is 12.1 Å². The Balaban J connectivity index is 3.25. The predicted molar refractivity (Wildman–Crippen MR) is 46.2 cm³/mol. The lowest BCUT2D eigenvalue weighted by Gasteiger charge is -2.06. The van der Waals surface area contributed by atoms with Crippen LogP contribution < -0.4 is 11.5 Å². The Labute approximate surface area is 70.0 Å². The van der Waals surface area contributed by atoms with Gasteiger partial charge in [-0.25, -0.2) is 0 Å². The molecule has 0 saturated heterocycles. The van der Waals surface area contributed by atoms with Gasteiger partial charge >= 0.3 is 0 Å². The maximum absolute atomic E-state index is 9.26. The molecule has 1 aromatic rings. The van der Waals surface area contributed by atoms with E-state index < -0.39 is 0 Å². The lowest BCUT2D eigenvalue weighted by atomic mass is 10.1. The summed E-state index contributed by atoms with van der Waals surface area (Å²) in [6.45, 7) is 0. The Bertz CT molecular complexity index is 341. The molecule has 1 rings (SSSR count). The third kappa shape index (κ3) is 1.25. The van der Waals surface area contributed by atoms with Gasteiger partial charge in [0.15, 0.2) is 0 Å².